The first kappa shape index (κ1) is 10.2. The molecular formula is C9H16FN. The van der Waals surface area contributed by atoms with E-state index >= 15 is 0 Å². The predicted molar refractivity (Wildman–Crippen MR) is 46.5 cm³/mol. The Morgan fingerprint density at radius 3 is 2.27 bits per heavy atom. The predicted octanol–water partition coefficient (Wildman–Crippen LogP) is 2.83. The Labute approximate surface area is 67.4 Å². The summed E-state index contributed by atoms with van der Waals surface area (Å²) < 4.78 is 2.23. The molecule has 1 aromatic rings. The van der Waals surface area contributed by atoms with Gasteiger partial charge in [0.2, 0.25) is 0 Å². The molecule has 0 atom stereocenters. The Morgan fingerprint density at radius 2 is 1.73 bits per heavy atom. The van der Waals surface area contributed by atoms with Crippen LogP contribution in [0.25, 0.3) is 0 Å². The normalized spacial score (nSPS) is 9.18. The van der Waals surface area contributed by atoms with Crippen molar-refractivity contribution >= 4 is 0 Å². The number of hydrogen-bond donors (Lipinski definition) is 0. The molecule has 0 aromatic carbocycles. The molecule has 0 saturated carbocycles. The highest BCUT2D eigenvalue weighted by Gasteiger charge is 1.86. The Hall–Kier alpha value is -0.790. The van der Waals surface area contributed by atoms with Crippen LogP contribution in [0.3, 0.4) is 0 Å². The second kappa shape index (κ2) is 5.96. The smallest absolute Gasteiger partial charge is 0.0219 e. The highest BCUT2D eigenvalue weighted by atomic mass is 19.0. The average molecular weight is 157 g/mol. The first-order valence-corrected chi connectivity index (χ1v) is 4.04. The van der Waals surface area contributed by atoms with Gasteiger partial charge in [0.25, 0.3) is 0 Å². The summed E-state index contributed by atoms with van der Waals surface area (Å²) in [6, 6.07) is 4.15. The van der Waals surface area contributed by atoms with Crippen LogP contribution in [0.15, 0.2) is 24.5 Å². The summed E-state index contributed by atoms with van der Waals surface area (Å²) in [5.41, 5.74) is 0. The molecule has 0 aliphatic carbocycles. The molecule has 0 spiro atoms. The summed E-state index contributed by atoms with van der Waals surface area (Å²) in [6.45, 7) is 3.41. The van der Waals surface area contributed by atoms with Crippen LogP contribution in [0.5, 0.6) is 0 Å². The molecule has 0 saturated heterocycles. The van der Waals surface area contributed by atoms with Crippen LogP contribution in [-0.2, 0) is 6.54 Å². The Balaban J connectivity index is 0.000001000. The average Bonchev–Trinajstić information content (AvgIpc) is 2.41. The molecule has 1 aromatic heterocycles. The van der Waals surface area contributed by atoms with Crippen LogP contribution in [-0.4, -0.2) is 4.57 Å². The summed E-state index contributed by atoms with van der Waals surface area (Å²) in [5, 5.41) is 0. The second-order valence-corrected chi connectivity index (χ2v) is 2.63. The van der Waals surface area contributed by atoms with Crippen LogP contribution in [0.1, 0.15) is 26.2 Å². The molecule has 0 aliphatic heterocycles. The number of hydrogen-bond acceptors (Lipinski definition) is 0. The molecule has 0 aliphatic rings. The Morgan fingerprint density at radius 1 is 1.09 bits per heavy atom. The van der Waals surface area contributed by atoms with E-state index in [-0.39, 0.29) is 4.70 Å². The fraction of sp³-hybridized carbons (Fsp3) is 0.556. The van der Waals surface area contributed by atoms with E-state index in [4.69, 9.17) is 0 Å². The number of unbranched alkanes of at least 4 members (excludes halogenated alkanes) is 2. The summed E-state index contributed by atoms with van der Waals surface area (Å²) in [6.07, 6.45) is 8.20. The Bertz CT molecular complexity index is 158. The molecule has 1 rings (SSSR count). The lowest BCUT2D eigenvalue weighted by Crippen LogP contribution is -1.92. The summed E-state index contributed by atoms with van der Waals surface area (Å²) in [4.78, 5) is 0. The zero-order chi connectivity index (χ0) is 7.23. The van der Waals surface area contributed by atoms with Gasteiger partial charge in [0, 0.05) is 18.9 Å². The van der Waals surface area contributed by atoms with Gasteiger partial charge in [0.1, 0.15) is 0 Å². The number of rotatable bonds is 4. The molecule has 1 nitrogen and oxygen atoms in total. The van der Waals surface area contributed by atoms with Gasteiger partial charge in [0.15, 0.2) is 0 Å². The van der Waals surface area contributed by atoms with E-state index in [0.717, 1.165) is 0 Å². The monoisotopic (exact) mass is 157 g/mol. The van der Waals surface area contributed by atoms with Crippen molar-refractivity contribution < 1.29 is 4.70 Å². The number of halogens is 1. The van der Waals surface area contributed by atoms with E-state index in [1.54, 1.807) is 0 Å². The van der Waals surface area contributed by atoms with Gasteiger partial charge in [-0.3, -0.25) is 4.70 Å². The van der Waals surface area contributed by atoms with Gasteiger partial charge in [-0.15, -0.1) is 0 Å². The van der Waals surface area contributed by atoms with Crippen molar-refractivity contribution in [3.05, 3.63) is 24.5 Å². The fourth-order valence-electron chi connectivity index (χ4n) is 1.06. The molecule has 0 radical (unpaired) electrons. The highest BCUT2D eigenvalue weighted by Crippen LogP contribution is 1.98. The second-order valence-electron chi connectivity index (χ2n) is 2.63. The molecule has 0 N–H and O–H groups in total. The van der Waals surface area contributed by atoms with Crippen LogP contribution >= 0.6 is 0 Å². The van der Waals surface area contributed by atoms with Crippen LogP contribution in [0, 0.1) is 0 Å². The zero-order valence-corrected chi connectivity index (χ0v) is 6.99. The molecule has 2 heteroatoms. The van der Waals surface area contributed by atoms with Gasteiger partial charge < -0.3 is 4.57 Å². The lowest BCUT2D eigenvalue weighted by atomic mass is 10.2. The van der Waals surface area contributed by atoms with Gasteiger partial charge in [-0.1, -0.05) is 19.8 Å². The van der Waals surface area contributed by atoms with Gasteiger partial charge in [-0.05, 0) is 18.6 Å². The van der Waals surface area contributed by atoms with Crippen LogP contribution in [0.2, 0.25) is 0 Å². The fourth-order valence-corrected chi connectivity index (χ4v) is 1.06. The van der Waals surface area contributed by atoms with E-state index in [1.165, 1.54) is 25.8 Å². The molecule has 1 heterocycles. The molecule has 64 valence electrons. The van der Waals surface area contributed by atoms with Crippen molar-refractivity contribution in [2.45, 2.75) is 32.7 Å². The molecule has 11 heavy (non-hydrogen) atoms. The third-order valence-electron chi connectivity index (χ3n) is 1.69. The van der Waals surface area contributed by atoms with Gasteiger partial charge in [-0.2, -0.15) is 0 Å². The van der Waals surface area contributed by atoms with Crippen molar-refractivity contribution in [3.8, 4) is 0 Å². The SMILES string of the molecule is CCCCCn1cccc1.F. The lowest BCUT2D eigenvalue weighted by molar-refractivity contribution is 0.604. The minimum absolute atomic E-state index is 0. The van der Waals surface area contributed by atoms with Crippen molar-refractivity contribution in [3.63, 3.8) is 0 Å². The number of aryl methyl sites for hydroxylation is 1. The van der Waals surface area contributed by atoms with Crippen molar-refractivity contribution in [2.75, 3.05) is 0 Å². The maximum Gasteiger partial charge on any atom is 0.0219 e. The first-order valence-electron chi connectivity index (χ1n) is 4.04. The summed E-state index contributed by atoms with van der Waals surface area (Å²) in [7, 11) is 0. The number of nitrogens with zero attached hydrogens (tertiary/aromatic N) is 1. The topological polar surface area (TPSA) is 4.93 Å². The van der Waals surface area contributed by atoms with Crippen molar-refractivity contribution in [1.29, 1.82) is 0 Å². The molecule has 0 fully saturated rings. The number of aromatic nitrogens is 1. The minimum atomic E-state index is 0. The minimum Gasteiger partial charge on any atom is -0.354 e. The maximum atomic E-state index is 2.23. The van der Waals surface area contributed by atoms with E-state index in [0.29, 0.717) is 0 Å². The van der Waals surface area contributed by atoms with Crippen LogP contribution in [0.4, 0.5) is 4.70 Å². The van der Waals surface area contributed by atoms with Crippen molar-refractivity contribution in [2.24, 2.45) is 0 Å². The molecule has 0 unspecified atom stereocenters. The van der Waals surface area contributed by atoms with E-state index in [9.17, 15) is 0 Å². The first-order chi connectivity index (χ1) is 4.93. The molecular weight excluding hydrogens is 141 g/mol. The Kier molecular flexibility index (Phi) is 5.53. The maximum absolute atomic E-state index is 2.23. The van der Waals surface area contributed by atoms with E-state index in [2.05, 4.69) is 36.0 Å². The largest absolute Gasteiger partial charge is 0.354 e. The molecule has 0 bridgehead atoms. The van der Waals surface area contributed by atoms with Crippen LogP contribution < -0.4 is 0 Å². The standard InChI is InChI=1S/C9H15N.FH/c1-2-3-4-7-10-8-5-6-9-10;/h5-6,8-9H,2-4,7H2,1H3;1H. The highest BCUT2D eigenvalue weighted by molar-refractivity contribution is 4.89. The van der Waals surface area contributed by atoms with Crippen molar-refractivity contribution in [1.82, 2.24) is 4.57 Å². The van der Waals surface area contributed by atoms with Gasteiger partial charge >= 0.3 is 0 Å². The lowest BCUT2D eigenvalue weighted by Gasteiger charge is -1.99. The third-order valence-corrected chi connectivity index (χ3v) is 1.69. The quantitative estimate of drug-likeness (QED) is 0.592. The zero-order valence-electron chi connectivity index (χ0n) is 6.99. The summed E-state index contributed by atoms with van der Waals surface area (Å²) >= 11 is 0. The summed E-state index contributed by atoms with van der Waals surface area (Å²) in [5.74, 6) is 0. The third kappa shape index (κ3) is 3.81. The van der Waals surface area contributed by atoms with E-state index in [1.807, 2.05) is 0 Å². The van der Waals surface area contributed by atoms with Gasteiger partial charge in [0.05, 0.1) is 0 Å². The van der Waals surface area contributed by atoms with Gasteiger partial charge in [-0.25, -0.2) is 0 Å². The van der Waals surface area contributed by atoms with E-state index < -0.39 is 0 Å². The molecule has 0 amide bonds.